The molecule has 0 atom stereocenters. The Morgan fingerprint density at radius 2 is 1.96 bits per heavy atom. The molecule has 1 aliphatic rings. The lowest BCUT2D eigenvalue weighted by Gasteiger charge is -2.14. The average Bonchev–Trinajstić information content (AvgIpc) is 2.55. The minimum Gasteiger partial charge on any atom is -0.285 e. The SMILES string of the molecule is N#C/C(=N/Nc1cccc(C(F)(F)F)c1)C(N)=[N+]1CCCCC1. The van der Waals surface area contributed by atoms with E-state index in [-0.39, 0.29) is 17.2 Å². The van der Waals surface area contributed by atoms with Crippen LogP contribution in [-0.4, -0.2) is 29.2 Å². The quantitative estimate of drug-likeness (QED) is 0.388. The molecule has 1 aliphatic heterocycles. The summed E-state index contributed by atoms with van der Waals surface area (Å²) in [7, 11) is 0. The van der Waals surface area contributed by atoms with Crippen molar-refractivity contribution >= 4 is 17.2 Å². The maximum absolute atomic E-state index is 12.7. The number of benzene rings is 1. The Hall–Kier alpha value is -2.56. The standard InChI is InChI=1S/C15H16F3N5/c16-15(17,18)11-5-4-6-12(9-11)21-22-13(10-19)14(20)23-7-2-1-3-8-23/h4-6,9H,1-3,7-8H2,(H2,20,21)/p+1. The molecule has 0 aromatic heterocycles. The van der Waals surface area contributed by atoms with Crippen LogP contribution >= 0.6 is 0 Å². The maximum atomic E-state index is 12.7. The molecule has 1 aromatic rings. The zero-order valence-corrected chi connectivity index (χ0v) is 12.4. The number of nitrogens with zero attached hydrogens (tertiary/aromatic N) is 3. The Bertz CT molecular complexity index is 662. The molecule has 0 spiro atoms. The molecule has 122 valence electrons. The molecule has 0 unspecified atom stereocenters. The Labute approximate surface area is 131 Å². The van der Waals surface area contributed by atoms with E-state index < -0.39 is 11.7 Å². The first kappa shape index (κ1) is 16.8. The fourth-order valence-corrected chi connectivity index (χ4v) is 2.31. The minimum absolute atomic E-state index is 0.0377. The third-order valence-electron chi connectivity index (χ3n) is 3.53. The fraction of sp³-hybridized carbons (Fsp3) is 0.400. The third kappa shape index (κ3) is 4.45. The molecular weight excluding hydrogens is 307 g/mol. The van der Waals surface area contributed by atoms with Crippen molar-refractivity contribution < 1.29 is 17.7 Å². The second-order valence-corrected chi connectivity index (χ2v) is 5.20. The van der Waals surface area contributed by atoms with Gasteiger partial charge in [0.25, 0.3) is 0 Å². The molecule has 0 saturated carbocycles. The molecule has 5 nitrogen and oxygen atoms in total. The number of rotatable bonds is 3. The fourth-order valence-electron chi connectivity index (χ4n) is 2.31. The molecule has 1 fully saturated rings. The summed E-state index contributed by atoms with van der Waals surface area (Å²) in [6.45, 7) is 1.49. The van der Waals surface area contributed by atoms with E-state index in [2.05, 4.69) is 10.5 Å². The summed E-state index contributed by atoms with van der Waals surface area (Å²) in [6.07, 6.45) is -1.34. The number of hydrogen-bond donors (Lipinski definition) is 2. The highest BCUT2D eigenvalue weighted by Gasteiger charge is 2.30. The van der Waals surface area contributed by atoms with Crippen molar-refractivity contribution in [3.05, 3.63) is 29.8 Å². The highest BCUT2D eigenvalue weighted by Crippen LogP contribution is 2.30. The molecule has 0 amide bonds. The van der Waals surface area contributed by atoms with Gasteiger partial charge in [-0.25, -0.2) is 0 Å². The smallest absolute Gasteiger partial charge is 0.285 e. The highest BCUT2D eigenvalue weighted by atomic mass is 19.4. The van der Waals surface area contributed by atoms with Crippen molar-refractivity contribution in [2.75, 3.05) is 18.5 Å². The molecule has 3 N–H and O–H groups in total. The lowest BCUT2D eigenvalue weighted by Crippen LogP contribution is -2.38. The van der Waals surface area contributed by atoms with Crippen molar-refractivity contribution in [1.82, 2.24) is 0 Å². The van der Waals surface area contributed by atoms with Crippen molar-refractivity contribution in [2.24, 2.45) is 10.8 Å². The van der Waals surface area contributed by atoms with Crippen LogP contribution in [0.5, 0.6) is 0 Å². The summed E-state index contributed by atoms with van der Waals surface area (Å²) in [5.41, 5.74) is 7.71. The van der Waals surface area contributed by atoms with Gasteiger partial charge in [0.05, 0.1) is 24.3 Å². The normalized spacial score (nSPS) is 15.9. The van der Waals surface area contributed by atoms with Crippen LogP contribution in [-0.2, 0) is 6.18 Å². The van der Waals surface area contributed by atoms with E-state index >= 15 is 0 Å². The van der Waals surface area contributed by atoms with Crippen molar-refractivity contribution in [1.29, 1.82) is 5.26 Å². The van der Waals surface area contributed by atoms with Gasteiger partial charge in [-0.05, 0) is 37.5 Å². The van der Waals surface area contributed by atoms with E-state index in [1.54, 1.807) is 0 Å². The predicted octanol–water partition coefficient (Wildman–Crippen LogP) is 2.55. The second-order valence-electron chi connectivity index (χ2n) is 5.20. The lowest BCUT2D eigenvalue weighted by molar-refractivity contribution is -0.536. The number of amidine groups is 1. The summed E-state index contributed by atoms with van der Waals surface area (Å²) in [5.74, 6) is 0.242. The van der Waals surface area contributed by atoms with Gasteiger partial charge < -0.3 is 0 Å². The van der Waals surface area contributed by atoms with E-state index in [1.165, 1.54) is 12.1 Å². The average molecular weight is 324 g/mol. The molecule has 23 heavy (non-hydrogen) atoms. The molecule has 1 heterocycles. The minimum atomic E-state index is -4.43. The third-order valence-corrected chi connectivity index (χ3v) is 3.53. The molecule has 0 radical (unpaired) electrons. The van der Waals surface area contributed by atoms with Gasteiger partial charge >= 0.3 is 12.0 Å². The first-order valence-corrected chi connectivity index (χ1v) is 7.20. The number of nitrogens with two attached hydrogens (primary N) is 1. The largest absolute Gasteiger partial charge is 0.416 e. The molecule has 0 aliphatic carbocycles. The summed E-state index contributed by atoms with van der Waals surface area (Å²) in [5, 5.41) is 13.0. The Morgan fingerprint density at radius 1 is 1.26 bits per heavy atom. The molecular formula is C15H17F3N5+. The maximum Gasteiger partial charge on any atom is 0.416 e. The molecule has 2 rings (SSSR count). The molecule has 0 bridgehead atoms. The second kappa shape index (κ2) is 7.13. The molecule has 1 saturated heterocycles. The van der Waals surface area contributed by atoms with E-state index in [0.717, 1.165) is 44.5 Å². The number of anilines is 1. The lowest BCUT2D eigenvalue weighted by atomic mass is 10.1. The van der Waals surface area contributed by atoms with Crippen LogP contribution in [0.25, 0.3) is 0 Å². The zero-order chi connectivity index (χ0) is 16.9. The predicted molar refractivity (Wildman–Crippen MR) is 81.2 cm³/mol. The van der Waals surface area contributed by atoms with Crippen molar-refractivity contribution in [2.45, 2.75) is 25.4 Å². The Kier molecular flexibility index (Phi) is 5.21. The number of nitriles is 1. The van der Waals surface area contributed by atoms with E-state index in [9.17, 15) is 13.2 Å². The van der Waals surface area contributed by atoms with Crippen LogP contribution < -0.4 is 11.2 Å². The van der Waals surface area contributed by atoms with Crippen molar-refractivity contribution in [3.63, 3.8) is 0 Å². The van der Waals surface area contributed by atoms with E-state index in [0.29, 0.717) is 0 Å². The van der Waals surface area contributed by atoms with Gasteiger partial charge in [-0.15, -0.1) is 0 Å². The summed E-state index contributed by atoms with van der Waals surface area (Å²) in [6, 6.07) is 6.47. The topological polar surface area (TPSA) is 77.2 Å². The molecule has 1 aromatic carbocycles. The molecule has 8 heteroatoms. The van der Waals surface area contributed by atoms with Crippen LogP contribution in [0.1, 0.15) is 24.8 Å². The number of piperidine rings is 1. The van der Waals surface area contributed by atoms with Gasteiger partial charge in [-0.2, -0.15) is 23.5 Å². The van der Waals surface area contributed by atoms with Gasteiger partial charge in [-0.1, -0.05) is 6.07 Å². The highest BCUT2D eigenvalue weighted by molar-refractivity contribution is 6.45. The first-order chi connectivity index (χ1) is 10.9. The van der Waals surface area contributed by atoms with Crippen LogP contribution in [0, 0.1) is 11.3 Å². The first-order valence-electron chi connectivity index (χ1n) is 7.20. The Balaban J connectivity index is 2.19. The van der Waals surface area contributed by atoms with Crippen LogP contribution in [0.15, 0.2) is 29.4 Å². The summed E-state index contributed by atoms with van der Waals surface area (Å²) < 4.78 is 39.8. The van der Waals surface area contributed by atoms with Crippen LogP contribution in [0.3, 0.4) is 0 Å². The van der Waals surface area contributed by atoms with Gasteiger partial charge in [0.1, 0.15) is 6.07 Å². The van der Waals surface area contributed by atoms with Crippen LogP contribution in [0.2, 0.25) is 0 Å². The van der Waals surface area contributed by atoms with E-state index in [4.69, 9.17) is 11.0 Å². The number of hydrogen-bond acceptors (Lipinski definition) is 3. The van der Waals surface area contributed by atoms with Gasteiger partial charge in [0.15, 0.2) is 0 Å². The number of halogens is 3. The van der Waals surface area contributed by atoms with Crippen molar-refractivity contribution in [3.8, 4) is 6.07 Å². The summed E-state index contributed by atoms with van der Waals surface area (Å²) in [4.78, 5) is 0. The van der Waals surface area contributed by atoms with Gasteiger partial charge in [0, 0.05) is 0 Å². The van der Waals surface area contributed by atoms with E-state index in [1.807, 2.05) is 10.6 Å². The van der Waals surface area contributed by atoms with Gasteiger partial charge in [-0.3, -0.25) is 15.7 Å². The summed E-state index contributed by atoms with van der Waals surface area (Å²) >= 11 is 0. The number of nitrogens with one attached hydrogen (secondary N) is 1. The van der Waals surface area contributed by atoms with Crippen LogP contribution in [0.4, 0.5) is 18.9 Å². The Morgan fingerprint density at radius 3 is 2.57 bits per heavy atom. The monoisotopic (exact) mass is 324 g/mol. The van der Waals surface area contributed by atoms with Gasteiger partial charge in [0.2, 0.25) is 5.71 Å². The zero-order valence-electron chi connectivity index (χ0n) is 12.4. The number of alkyl halides is 3. The number of hydrazone groups is 1.